The van der Waals surface area contributed by atoms with Crippen LogP contribution in [0.25, 0.3) is 0 Å². The molecule has 8 heteroatoms. The Hall–Kier alpha value is -1.15. The highest BCUT2D eigenvalue weighted by Crippen LogP contribution is 2.31. The van der Waals surface area contributed by atoms with Gasteiger partial charge in [-0.2, -0.15) is 0 Å². The number of hydrogen-bond donors (Lipinski definition) is 1. The van der Waals surface area contributed by atoms with Gasteiger partial charge in [-0.1, -0.05) is 6.07 Å². The number of carbonyl (C=O) groups excluding carboxylic acids is 1. The summed E-state index contributed by atoms with van der Waals surface area (Å²) in [6.45, 7) is 0.473. The lowest BCUT2D eigenvalue weighted by molar-refractivity contribution is -0.117. The molecule has 1 aromatic rings. The van der Waals surface area contributed by atoms with Crippen LogP contribution in [0.3, 0.4) is 0 Å². The van der Waals surface area contributed by atoms with E-state index in [2.05, 4.69) is 0 Å². The third kappa shape index (κ3) is 2.80. The Labute approximate surface area is 125 Å². The lowest BCUT2D eigenvalue weighted by atomic mass is 10.2. The Bertz CT molecular complexity index is 616. The van der Waals surface area contributed by atoms with Crippen molar-refractivity contribution in [1.29, 1.82) is 0 Å². The first-order chi connectivity index (χ1) is 8.87. The lowest BCUT2D eigenvalue weighted by Gasteiger charge is -2.18. The van der Waals surface area contributed by atoms with E-state index in [4.69, 9.17) is 5.73 Å². The van der Waals surface area contributed by atoms with Crippen molar-refractivity contribution in [1.82, 2.24) is 4.31 Å². The lowest BCUT2D eigenvalue weighted by Crippen LogP contribution is -2.34. The van der Waals surface area contributed by atoms with Gasteiger partial charge in [-0.05, 0) is 24.1 Å². The van der Waals surface area contributed by atoms with E-state index in [9.17, 15) is 13.2 Å². The van der Waals surface area contributed by atoms with Crippen LogP contribution in [0.4, 0.5) is 5.69 Å². The van der Waals surface area contributed by atoms with Crippen LogP contribution >= 0.6 is 12.4 Å². The summed E-state index contributed by atoms with van der Waals surface area (Å²) in [6, 6.07) is 4.88. The maximum atomic E-state index is 12.1. The van der Waals surface area contributed by atoms with Gasteiger partial charge >= 0.3 is 0 Å². The predicted octanol–water partition coefficient (Wildman–Crippen LogP) is 0.207. The molecule has 1 heterocycles. The van der Waals surface area contributed by atoms with Crippen molar-refractivity contribution in [2.75, 3.05) is 32.1 Å². The van der Waals surface area contributed by atoms with E-state index < -0.39 is 10.0 Å². The molecule has 0 fully saturated rings. The molecular weight excluding hydrogens is 302 g/mol. The number of rotatable bonds is 3. The van der Waals surface area contributed by atoms with Gasteiger partial charge in [0, 0.05) is 26.3 Å². The second-order valence-corrected chi connectivity index (χ2v) is 6.73. The van der Waals surface area contributed by atoms with Crippen molar-refractivity contribution < 1.29 is 13.2 Å². The number of halogens is 1. The molecule has 1 aromatic carbocycles. The van der Waals surface area contributed by atoms with E-state index in [0.717, 1.165) is 16.3 Å². The first-order valence-electron chi connectivity index (χ1n) is 5.94. The quantitative estimate of drug-likeness (QED) is 0.863. The number of sulfonamides is 1. The first-order valence-corrected chi connectivity index (χ1v) is 7.38. The Morgan fingerprint density at radius 2 is 2.05 bits per heavy atom. The van der Waals surface area contributed by atoms with Crippen molar-refractivity contribution in [2.45, 2.75) is 11.3 Å². The van der Waals surface area contributed by atoms with Crippen molar-refractivity contribution in [3.8, 4) is 0 Å². The summed E-state index contributed by atoms with van der Waals surface area (Å²) in [5.41, 5.74) is 6.99. The van der Waals surface area contributed by atoms with Crippen LogP contribution in [0.5, 0.6) is 0 Å². The van der Waals surface area contributed by atoms with Crippen molar-refractivity contribution in [3.63, 3.8) is 0 Å². The van der Waals surface area contributed by atoms with Crippen LogP contribution in [0, 0.1) is 0 Å². The minimum absolute atomic E-state index is 0. The van der Waals surface area contributed by atoms with E-state index in [1.54, 1.807) is 23.1 Å². The highest BCUT2D eigenvalue weighted by atomic mass is 35.5. The molecule has 2 N–H and O–H groups in total. The Morgan fingerprint density at radius 1 is 1.40 bits per heavy atom. The Balaban J connectivity index is 0.00000200. The van der Waals surface area contributed by atoms with Gasteiger partial charge in [0.15, 0.2) is 0 Å². The minimum atomic E-state index is -3.49. The van der Waals surface area contributed by atoms with Crippen LogP contribution in [-0.4, -0.2) is 45.8 Å². The normalized spacial score (nSPS) is 14.1. The van der Waals surface area contributed by atoms with Gasteiger partial charge < -0.3 is 10.6 Å². The molecule has 0 saturated heterocycles. The molecule has 0 bridgehead atoms. The summed E-state index contributed by atoms with van der Waals surface area (Å²) in [7, 11) is -0.535. The number of nitrogens with zero attached hydrogens (tertiary/aromatic N) is 2. The smallest absolute Gasteiger partial charge is 0.242 e. The zero-order valence-electron chi connectivity index (χ0n) is 11.4. The summed E-state index contributed by atoms with van der Waals surface area (Å²) < 4.78 is 25.3. The number of fused-ring (bicyclic) bond motifs is 1. The molecule has 0 spiro atoms. The summed E-state index contributed by atoms with van der Waals surface area (Å²) >= 11 is 0. The van der Waals surface area contributed by atoms with Gasteiger partial charge in [0.05, 0.1) is 11.4 Å². The van der Waals surface area contributed by atoms with Crippen LogP contribution in [0.2, 0.25) is 0 Å². The summed E-state index contributed by atoms with van der Waals surface area (Å²) in [6.07, 6.45) is 0.726. The molecule has 1 aliphatic heterocycles. The minimum Gasteiger partial charge on any atom is -0.322 e. The molecule has 6 nitrogen and oxygen atoms in total. The zero-order chi connectivity index (χ0) is 14.2. The fourth-order valence-electron chi connectivity index (χ4n) is 2.10. The molecule has 1 amide bonds. The molecule has 0 atom stereocenters. The second-order valence-electron chi connectivity index (χ2n) is 4.58. The van der Waals surface area contributed by atoms with E-state index in [1.165, 1.54) is 14.1 Å². The molecule has 0 aromatic heterocycles. The molecule has 0 saturated carbocycles. The predicted molar refractivity (Wildman–Crippen MR) is 79.7 cm³/mol. The topological polar surface area (TPSA) is 83.7 Å². The van der Waals surface area contributed by atoms with Crippen LogP contribution in [-0.2, 0) is 21.2 Å². The molecule has 0 aliphatic carbocycles. The Kier molecular flexibility index (Phi) is 5.15. The summed E-state index contributed by atoms with van der Waals surface area (Å²) in [5, 5.41) is 0. The van der Waals surface area contributed by atoms with Crippen LogP contribution < -0.4 is 10.6 Å². The zero-order valence-corrected chi connectivity index (χ0v) is 13.0. The van der Waals surface area contributed by atoms with Crippen molar-refractivity contribution in [3.05, 3.63) is 23.8 Å². The molecule has 20 heavy (non-hydrogen) atoms. The van der Waals surface area contributed by atoms with E-state index in [1.807, 2.05) is 0 Å². The van der Waals surface area contributed by atoms with Gasteiger partial charge in [0.2, 0.25) is 15.9 Å². The number of anilines is 1. The maximum absolute atomic E-state index is 12.1. The highest BCUT2D eigenvalue weighted by Gasteiger charge is 2.26. The maximum Gasteiger partial charge on any atom is 0.242 e. The van der Waals surface area contributed by atoms with Gasteiger partial charge in [-0.3, -0.25) is 4.79 Å². The molecule has 0 radical (unpaired) electrons. The molecule has 112 valence electrons. The van der Waals surface area contributed by atoms with E-state index >= 15 is 0 Å². The molecule has 2 rings (SSSR count). The standard InChI is InChI=1S/C12H17N3O3S.ClH/c1-14(2)19(17,18)10-4-3-9-5-6-15(11(9)7-10)12(16)8-13;/h3-4,7H,5-6,8,13H2,1-2H3;1H. The monoisotopic (exact) mass is 319 g/mol. The van der Waals surface area contributed by atoms with Gasteiger partial charge in [0.25, 0.3) is 0 Å². The molecule has 1 aliphatic rings. The van der Waals surface area contributed by atoms with Crippen LogP contribution in [0.15, 0.2) is 23.1 Å². The number of benzene rings is 1. The molecule has 0 unspecified atom stereocenters. The van der Waals surface area contributed by atoms with Crippen molar-refractivity contribution >= 4 is 34.0 Å². The summed E-state index contributed by atoms with van der Waals surface area (Å²) in [5.74, 6) is -0.196. The molecular formula is C12H18ClN3O3S. The van der Waals surface area contributed by atoms with E-state index in [-0.39, 0.29) is 29.8 Å². The fraction of sp³-hybridized carbons (Fsp3) is 0.417. The largest absolute Gasteiger partial charge is 0.322 e. The van der Waals surface area contributed by atoms with Crippen molar-refractivity contribution in [2.24, 2.45) is 5.73 Å². The fourth-order valence-corrected chi connectivity index (χ4v) is 3.02. The third-order valence-corrected chi connectivity index (χ3v) is 5.02. The second kappa shape index (κ2) is 6.09. The number of nitrogens with two attached hydrogens (primary N) is 1. The average molecular weight is 320 g/mol. The number of carbonyl (C=O) groups is 1. The van der Waals surface area contributed by atoms with Gasteiger partial charge in [-0.15, -0.1) is 12.4 Å². The SMILES string of the molecule is CN(C)S(=O)(=O)c1ccc2c(c1)N(C(=O)CN)CC2.Cl. The van der Waals surface area contributed by atoms with E-state index in [0.29, 0.717) is 12.2 Å². The Morgan fingerprint density at radius 3 is 2.60 bits per heavy atom. The highest BCUT2D eigenvalue weighted by molar-refractivity contribution is 7.89. The van der Waals surface area contributed by atoms with Crippen LogP contribution in [0.1, 0.15) is 5.56 Å². The first kappa shape index (κ1) is 16.9. The van der Waals surface area contributed by atoms with Gasteiger partial charge in [-0.25, -0.2) is 12.7 Å². The summed E-state index contributed by atoms with van der Waals surface area (Å²) in [4.78, 5) is 13.4. The van der Waals surface area contributed by atoms with Gasteiger partial charge in [0.1, 0.15) is 0 Å². The number of amides is 1. The number of hydrogen-bond acceptors (Lipinski definition) is 4. The average Bonchev–Trinajstić information content (AvgIpc) is 2.80. The third-order valence-electron chi connectivity index (χ3n) is 3.21.